The third-order valence-electron chi connectivity index (χ3n) is 3.88. The Bertz CT molecular complexity index is 924. The number of anilines is 1. The molecule has 2 aromatic carbocycles. The molecule has 2 rings (SSSR count). The number of benzene rings is 2. The number of nitro benzene ring substituents is 1. The van der Waals surface area contributed by atoms with Gasteiger partial charge in [-0.25, -0.2) is 13.1 Å². The van der Waals surface area contributed by atoms with Gasteiger partial charge >= 0.3 is 0 Å². The second-order valence-electron chi connectivity index (χ2n) is 5.69. The van der Waals surface area contributed by atoms with Crippen molar-refractivity contribution >= 4 is 27.3 Å². The number of sulfonamides is 1. The van der Waals surface area contributed by atoms with Crippen LogP contribution in [0.25, 0.3) is 0 Å². The van der Waals surface area contributed by atoms with Crippen LogP contribution in [0.4, 0.5) is 11.4 Å². The Balaban J connectivity index is 1.92. The number of nitrogens with one attached hydrogen (secondary N) is 2. The van der Waals surface area contributed by atoms with Gasteiger partial charge in [0.05, 0.1) is 9.82 Å². The van der Waals surface area contributed by atoms with Crippen LogP contribution in [0.1, 0.15) is 17.5 Å². The first-order chi connectivity index (χ1) is 12.2. The molecule has 138 valence electrons. The van der Waals surface area contributed by atoms with Crippen LogP contribution in [0.3, 0.4) is 0 Å². The van der Waals surface area contributed by atoms with Crippen LogP contribution in [0.5, 0.6) is 0 Å². The van der Waals surface area contributed by atoms with Crippen LogP contribution in [-0.2, 0) is 14.8 Å². The molecule has 0 atom stereocenters. The molecule has 0 aliphatic rings. The summed E-state index contributed by atoms with van der Waals surface area (Å²) < 4.78 is 26.6. The fourth-order valence-corrected chi connectivity index (χ4v) is 3.26. The molecule has 26 heavy (non-hydrogen) atoms. The lowest BCUT2D eigenvalue weighted by Gasteiger charge is -2.11. The highest BCUT2D eigenvalue weighted by molar-refractivity contribution is 7.89. The average molecular weight is 377 g/mol. The summed E-state index contributed by atoms with van der Waals surface area (Å²) in [6, 6.07) is 10.1. The van der Waals surface area contributed by atoms with Crippen molar-refractivity contribution in [2.75, 3.05) is 11.9 Å². The zero-order chi connectivity index (χ0) is 19.3. The first kappa shape index (κ1) is 19.5. The fraction of sp³-hybridized carbons (Fsp3) is 0.235. The summed E-state index contributed by atoms with van der Waals surface area (Å²) in [5.41, 5.74) is 2.49. The first-order valence-corrected chi connectivity index (χ1v) is 9.29. The smallest absolute Gasteiger partial charge is 0.269 e. The maximum atomic E-state index is 12.1. The van der Waals surface area contributed by atoms with Gasteiger partial charge in [-0.1, -0.05) is 12.1 Å². The first-order valence-electron chi connectivity index (χ1n) is 7.81. The van der Waals surface area contributed by atoms with Crippen LogP contribution >= 0.6 is 0 Å². The molecule has 0 fully saturated rings. The minimum Gasteiger partial charge on any atom is -0.326 e. The van der Waals surface area contributed by atoms with Crippen molar-refractivity contribution in [3.8, 4) is 0 Å². The number of carbonyl (C=O) groups is 1. The van der Waals surface area contributed by atoms with Crippen molar-refractivity contribution in [1.82, 2.24) is 4.72 Å². The van der Waals surface area contributed by atoms with Gasteiger partial charge in [0.2, 0.25) is 15.9 Å². The van der Waals surface area contributed by atoms with Gasteiger partial charge in [0.15, 0.2) is 0 Å². The molecule has 0 heterocycles. The number of hydrogen-bond acceptors (Lipinski definition) is 5. The number of carbonyl (C=O) groups excluding carboxylic acids is 1. The third-order valence-corrected chi connectivity index (χ3v) is 5.36. The van der Waals surface area contributed by atoms with E-state index < -0.39 is 14.9 Å². The minimum absolute atomic E-state index is 0.0421. The molecule has 9 heteroatoms. The highest BCUT2D eigenvalue weighted by Gasteiger charge is 2.16. The van der Waals surface area contributed by atoms with Gasteiger partial charge < -0.3 is 5.32 Å². The van der Waals surface area contributed by atoms with Gasteiger partial charge in [0.25, 0.3) is 5.69 Å². The van der Waals surface area contributed by atoms with Gasteiger partial charge in [-0.05, 0) is 43.2 Å². The number of hydrogen-bond donors (Lipinski definition) is 2. The number of aryl methyl sites for hydroxylation is 1. The third kappa shape index (κ3) is 4.87. The quantitative estimate of drug-likeness (QED) is 0.568. The second-order valence-corrected chi connectivity index (χ2v) is 7.46. The predicted molar refractivity (Wildman–Crippen MR) is 97.4 cm³/mol. The number of nitrogens with zero attached hydrogens (tertiary/aromatic N) is 1. The molecule has 8 nitrogen and oxygen atoms in total. The highest BCUT2D eigenvalue weighted by atomic mass is 32.2. The molecular formula is C17H19N3O5S. The van der Waals surface area contributed by atoms with Gasteiger partial charge in [0.1, 0.15) is 0 Å². The molecule has 0 saturated carbocycles. The van der Waals surface area contributed by atoms with Gasteiger partial charge in [-0.2, -0.15) is 0 Å². The predicted octanol–water partition coefficient (Wildman–Crippen LogP) is 2.52. The topological polar surface area (TPSA) is 118 Å². The van der Waals surface area contributed by atoms with E-state index in [-0.39, 0.29) is 29.5 Å². The van der Waals surface area contributed by atoms with Crippen LogP contribution in [0, 0.1) is 24.0 Å². The van der Waals surface area contributed by atoms with Crippen molar-refractivity contribution in [2.45, 2.75) is 25.2 Å². The lowest BCUT2D eigenvalue weighted by molar-refractivity contribution is -0.384. The fourth-order valence-electron chi connectivity index (χ4n) is 2.23. The summed E-state index contributed by atoms with van der Waals surface area (Å²) >= 11 is 0. The summed E-state index contributed by atoms with van der Waals surface area (Å²) in [5.74, 6) is -0.315. The highest BCUT2D eigenvalue weighted by Crippen LogP contribution is 2.18. The SMILES string of the molecule is Cc1cccc(NC(=O)CCNS(=O)(=O)c2ccc([N+](=O)[O-])cc2)c1C. The number of non-ortho nitro benzene ring substituents is 1. The Morgan fingerprint density at radius 2 is 1.77 bits per heavy atom. The molecule has 0 saturated heterocycles. The molecule has 0 bridgehead atoms. The Morgan fingerprint density at radius 3 is 2.38 bits per heavy atom. The molecular weight excluding hydrogens is 358 g/mol. The number of nitro groups is 1. The lowest BCUT2D eigenvalue weighted by atomic mass is 10.1. The molecule has 0 aliphatic heterocycles. The monoisotopic (exact) mass is 377 g/mol. The summed E-state index contributed by atoms with van der Waals surface area (Å²) in [6.45, 7) is 3.74. The van der Waals surface area contributed by atoms with Crippen LogP contribution in [-0.4, -0.2) is 25.8 Å². The van der Waals surface area contributed by atoms with E-state index in [0.717, 1.165) is 35.4 Å². The molecule has 0 unspecified atom stereocenters. The van der Waals surface area contributed by atoms with Crippen LogP contribution in [0.15, 0.2) is 47.4 Å². The lowest BCUT2D eigenvalue weighted by Crippen LogP contribution is -2.28. The van der Waals surface area contributed by atoms with Crippen molar-refractivity contribution in [3.05, 3.63) is 63.7 Å². The largest absolute Gasteiger partial charge is 0.326 e. The summed E-state index contributed by atoms with van der Waals surface area (Å²) in [7, 11) is -3.84. The molecule has 2 N–H and O–H groups in total. The minimum atomic E-state index is -3.84. The zero-order valence-corrected chi connectivity index (χ0v) is 15.2. The molecule has 0 aromatic heterocycles. The van der Waals surface area contributed by atoms with E-state index in [9.17, 15) is 23.3 Å². The molecule has 2 aromatic rings. The van der Waals surface area contributed by atoms with E-state index >= 15 is 0 Å². The van der Waals surface area contributed by atoms with Gasteiger partial charge in [0, 0.05) is 30.8 Å². The Morgan fingerprint density at radius 1 is 1.12 bits per heavy atom. The van der Waals surface area contributed by atoms with Gasteiger partial charge in [-0.3, -0.25) is 14.9 Å². The molecule has 1 amide bonds. The van der Waals surface area contributed by atoms with Crippen molar-refractivity contribution in [3.63, 3.8) is 0 Å². The average Bonchev–Trinajstić information content (AvgIpc) is 2.59. The van der Waals surface area contributed by atoms with E-state index in [2.05, 4.69) is 10.0 Å². The standard InChI is InChI=1S/C17H19N3O5S/c1-12-4-3-5-16(13(12)2)19-17(21)10-11-18-26(24,25)15-8-6-14(7-9-15)20(22)23/h3-9,18H,10-11H2,1-2H3,(H,19,21). The number of amides is 1. The molecule has 0 radical (unpaired) electrons. The van der Waals surface area contributed by atoms with Crippen LogP contribution < -0.4 is 10.0 Å². The zero-order valence-electron chi connectivity index (χ0n) is 14.4. The molecule has 0 spiro atoms. The van der Waals surface area contributed by atoms with E-state index in [0.29, 0.717) is 5.69 Å². The second kappa shape index (κ2) is 8.07. The van der Waals surface area contributed by atoms with E-state index in [1.807, 2.05) is 26.0 Å². The molecule has 0 aliphatic carbocycles. The van der Waals surface area contributed by atoms with Crippen LogP contribution in [0.2, 0.25) is 0 Å². The Kier molecular flexibility index (Phi) is 6.06. The van der Waals surface area contributed by atoms with Crippen molar-refractivity contribution in [1.29, 1.82) is 0 Å². The summed E-state index contributed by atoms with van der Waals surface area (Å²) in [5, 5.41) is 13.3. The van der Waals surface area contributed by atoms with E-state index in [1.165, 1.54) is 0 Å². The Hall–Kier alpha value is -2.78. The normalized spacial score (nSPS) is 11.2. The number of rotatable bonds is 7. The van der Waals surface area contributed by atoms with E-state index in [1.54, 1.807) is 6.07 Å². The maximum absolute atomic E-state index is 12.1. The van der Waals surface area contributed by atoms with E-state index in [4.69, 9.17) is 0 Å². The summed E-state index contributed by atoms with van der Waals surface area (Å²) in [6.07, 6.45) is -0.0421. The van der Waals surface area contributed by atoms with Crippen molar-refractivity contribution in [2.24, 2.45) is 0 Å². The summed E-state index contributed by atoms with van der Waals surface area (Å²) in [4.78, 5) is 21.9. The Labute approximate surface area is 151 Å². The van der Waals surface area contributed by atoms with Gasteiger partial charge in [-0.15, -0.1) is 0 Å². The van der Waals surface area contributed by atoms with Crippen molar-refractivity contribution < 1.29 is 18.1 Å². The maximum Gasteiger partial charge on any atom is 0.269 e.